The van der Waals surface area contributed by atoms with Gasteiger partial charge in [0.2, 0.25) is 0 Å². The monoisotopic (exact) mass is 273 g/mol. The second-order valence-corrected chi connectivity index (χ2v) is 4.54. The predicted molar refractivity (Wildman–Crippen MR) is 51.4 cm³/mol. The van der Waals surface area contributed by atoms with Crippen LogP contribution in [0.5, 0.6) is 0 Å². The van der Waals surface area contributed by atoms with Crippen molar-refractivity contribution in [2.45, 2.75) is 4.90 Å². The third kappa shape index (κ3) is 2.55. The highest BCUT2D eigenvalue weighted by molar-refractivity contribution is 7.86. The zero-order valence-electron chi connectivity index (χ0n) is 6.78. The summed E-state index contributed by atoms with van der Waals surface area (Å²) in [5.41, 5.74) is -0.652. The zero-order valence-corrected chi connectivity index (χ0v) is 9.11. The average Bonchev–Trinajstić information content (AvgIpc) is 2.06. The van der Waals surface area contributed by atoms with Crippen molar-refractivity contribution in [2.24, 2.45) is 0 Å². The normalized spacial score (nSPS) is 11.4. The largest absolute Gasteiger partial charge is 0.333 e. The van der Waals surface area contributed by atoms with Crippen molar-refractivity contribution in [2.75, 3.05) is 0 Å². The number of benzene rings is 1. The molecule has 0 N–H and O–H groups in total. The summed E-state index contributed by atoms with van der Waals surface area (Å²) in [6, 6.07) is 1.34. The third-order valence-electron chi connectivity index (χ3n) is 1.45. The molecule has 0 saturated carbocycles. The van der Waals surface area contributed by atoms with Gasteiger partial charge in [0.25, 0.3) is 5.69 Å². The molecule has 0 aliphatic carbocycles. The van der Waals surface area contributed by atoms with Crippen molar-refractivity contribution in [3.8, 4) is 0 Å². The number of hydrogen-bond donors (Lipinski definition) is 0. The summed E-state index contributed by atoms with van der Waals surface area (Å²) in [5.74, 6) is 0. The zero-order chi connectivity index (χ0) is 11.8. The minimum Gasteiger partial charge on any atom is -0.258 e. The standard InChI is InChI=1S/C6H2Cl2FNO4S/c7-4-1-3(10(11)12)2-5(6(4)8)15(9,13)14/h1-2H. The van der Waals surface area contributed by atoms with Gasteiger partial charge in [-0.3, -0.25) is 10.1 Å². The number of nitrogens with zero attached hydrogens (tertiary/aromatic N) is 1. The van der Waals surface area contributed by atoms with Gasteiger partial charge >= 0.3 is 10.2 Å². The van der Waals surface area contributed by atoms with Crippen molar-refractivity contribution >= 4 is 39.1 Å². The Morgan fingerprint density at radius 1 is 1.33 bits per heavy atom. The molecule has 0 atom stereocenters. The molecule has 1 aromatic rings. The van der Waals surface area contributed by atoms with E-state index < -0.39 is 35.8 Å². The van der Waals surface area contributed by atoms with E-state index in [1.165, 1.54) is 0 Å². The van der Waals surface area contributed by atoms with Gasteiger partial charge in [0.05, 0.1) is 15.0 Å². The fourth-order valence-electron chi connectivity index (χ4n) is 0.833. The highest BCUT2D eigenvalue weighted by Gasteiger charge is 2.23. The Hall–Kier alpha value is -0.920. The Balaban J connectivity index is 3.59. The van der Waals surface area contributed by atoms with E-state index in [0.29, 0.717) is 6.07 Å². The number of hydrogen-bond acceptors (Lipinski definition) is 4. The molecule has 0 aliphatic rings. The molecule has 1 rings (SSSR count). The lowest BCUT2D eigenvalue weighted by molar-refractivity contribution is -0.385. The van der Waals surface area contributed by atoms with Crippen LogP contribution in [0.2, 0.25) is 10.0 Å². The van der Waals surface area contributed by atoms with Crippen molar-refractivity contribution in [3.05, 3.63) is 32.3 Å². The summed E-state index contributed by atoms with van der Waals surface area (Å²) in [5, 5.41) is 9.35. The van der Waals surface area contributed by atoms with E-state index in [1.807, 2.05) is 0 Å². The lowest BCUT2D eigenvalue weighted by Gasteiger charge is -2.01. The average molecular weight is 274 g/mol. The molecule has 5 nitrogen and oxygen atoms in total. The van der Waals surface area contributed by atoms with Crippen LogP contribution in [-0.4, -0.2) is 13.3 Å². The van der Waals surface area contributed by atoms with E-state index in [4.69, 9.17) is 23.2 Å². The molecule has 0 saturated heterocycles. The summed E-state index contributed by atoms with van der Waals surface area (Å²) >= 11 is 10.8. The summed E-state index contributed by atoms with van der Waals surface area (Å²) < 4.78 is 33.7. The summed E-state index contributed by atoms with van der Waals surface area (Å²) in [6.07, 6.45) is 0. The van der Waals surface area contributed by atoms with E-state index in [0.717, 1.165) is 6.07 Å². The number of nitro benzene ring substituents is 1. The van der Waals surface area contributed by atoms with Gasteiger partial charge in [-0.25, -0.2) is 0 Å². The fourth-order valence-corrected chi connectivity index (χ4v) is 2.07. The first-order valence-electron chi connectivity index (χ1n) is 3.31. The summed E-state index contributed by atoms with van der Waals surface area (Å²) in [7, 11) is -5.13. The van der Waals surface area contributed by atoms with Crippen LogP contribution in [-0.2, 0) is 10.2 Å². The number of halogens is 3. The van der Waals surface area contributed by atoms with Crippen LogP contribution in [0, 0.1) is 10.1 Å². The van der Waals surface area contributed by atoms with Crippen LogP contribution in [0.4, 0.5) is 9.57 Å². The molecule has 1 aromatic carbocycles. The Morgan fingerprint density at radius 3 is 2.27 bits per heavy atom. The maximum atomic E-state index is 12.6. The second kappa shape index (κ2) is 3.92. The van der Waals surface area contributed by atoms with E-state index in [1.54, 1.807) is 0 Å². The molecule has 0 fully saturated rings. The molecule has 0 amide bonds. The van der Waals surface area contributed by atoms with Crippen LogP contribution in [0.25, 0.3) is 0 Å². The van der Waals surface area contributed by atoms with Crippen molar-refractivity contribution in [1.29, 1.82) is 0 Å². The first-order chi connectivity index (χ1) is 6.73. The maximum Gasteiger partial charge on any atom is 0.333 e. The van der Waals surface area contributed by atoms with E-state index in [9.17, 15) is 22.4 Å². The quantitative estimate of drug-likeness (QED) is 0.471. The Labute approximate surface area is 93.8 Å². The topological polar surface area (TPSA) is 77.3 Å². The Bertz CT molecular complexity index is 530. The van der Waals surface area contributed by atoms with Gasteiger partial charge in [0, 0.05) is 12.1 Å². The van der Waals surface area contributed by atoms with Crippen LogP contribution in [0.15, 0.2) is 17.0 Å². The highest BCUT2D eigenvalue weighted by Crippen LogP contribution is 2.34. The van der Waals surface area contributed by atoms with Gasteiger partial charge in [-0.2, -0.15) is 8.42 Å². The molecule has 9 heteroatoms. The predicted octanol–water partition coefficient (Wildman–Crippen LogP) is 2.56. The molecule has 0 radical (unpaired) electrons. The third-order valence-corrected chi connectivity index (χ3v) is 3.21. The molecule has 15 heavy (non-hydrogen) atoms. The van der Waals surface area contributed by atoms with E-state index in [-0.39, 0.29) is 0 Å². The second-order valence-electron chi connectivity index (χ2n) is 2.43. The maximum absolute atomic E-state index is 12.6. The highest BCUT2D eigenvalue weighted by atomic mass is 35.5. The minimum atomic E-state index is -5.13. The lowest BCUT2D eigenvalue weighted by atomic mass is 10.3. The smallest absolute Gasteiger partial charge is 0.258 e. The molecular weight excluding hydrogens is 272 g/mol. The van der Waals surface area contributed by atoms with E-state index in [2.05, 4.69) is 0 Å². The first kappa shape index (κ1) is 12.2. The van der Waals surface area contributed by atoms with Crippen LogP contribution < -0.4 is 0 Å². The fraction of sp³-hybridized carbons (Fsp3) is 0. The molecular formula is C6H2Cl2FNO4S. The Morgan fingerprint density at radius 2 is 1.87 bits per heavy atom. The molecule has 0 spiro atoms. The molecule has 0 unspecified atom stereocenters. The van der Waals surface area contributed by atoms with Gasteiger partial charge in [0.1, 0.15) is 4.90 Å². The molecule has 0 bridgehead atoms. The van der Waals surface area contributed by atoms with Gasteiger partial charge in [0.15, 0.2) is 0 Å². The van der Waals surface area contributed by atoms with Gasteiger partial charge in [-0.1, -0.05) is 23.2 Å². The van der Waals surface area contributed by atoms with Crippen LogP contribution in [0.1, 0.15) is 0 Å². The molecule has 0 aromatic heterocycles. The molecule has 0 heterocycles. The van der Waals surface area contributed by atoms with Gasteiger partial charge < -0.3 is 0 Å². The minimum absolute atomic E-state index is 0.401. The van der Waals surface area contributed by atoms with Gasteiger partial charge in [-0.05, 0) is 0 Å². The summed E-state index contributed by atoms with van der Waals surface area (Å²) in [4.78, 5) is 8.41. The van der Waals surface area contributed by atoms with E-state index >= 15 is 0 Å². The Kier molecular flexibility index (Phi) is 3.17. The first-order valence-corrected chi connectivity index (χ1v) is 5.45. The molecule has 0 aliphatic heterocycles. The van der Waals surface area contributed by atoms with Crippen molar-refractivity contribution < 1.29 is 17.2 Å². The number of rotatable bonds is 2. The summed E-state index contributed by atoms with van der Waals surface area (Å²) in [6.45, 7) is 0. The number of nitro groups is 1. The SMILES string of the molecule is O=[N+]([O-])c1cc(Cl)c(Cl)c(S(=O)(=O)F)c1. The van der Waals surface area contributed by atoms with Crippen molar-refractivity contribution in [1.82, 2.24) is 0 Å². The van der Waals surface area contributed by atoms with Gasteiger partial charge in [-0.15, -0.1) is 3.89 Å². The molecule has 82 valence electrons. The van der Waals surface area contributed by atoms with Crippen molar-refractivity contribution in [3.63, 3.8) is 0 Å². The van der Waals surface area contributed by atoms with Crippen LogP contribution >= 0.6 is 23.2 Å². The number of non-ortho nitro benzene ring substituents is 1. The lowest BCUT2D eigenvalue weighted by Crippen LogP contribution is -1.97. The van der Waals surface area contributed by atoms with Crippen LogP contribution in [0.3, 0.4) is 0 Å².